The third kappa shape index (κ3) is 2.12. The molecule has 1 N–H and O–H groups in total. The molecule has 0 spiro atoms. The van der Waals surface area contributed by atoms with Gasteiger partial charge in [-0.15, -0.1) is 11.3 Å². The second kappa shape index (κ2) is 4.24. The molecule has 0 aliphatic heterocycles. The fraction of sp³-hybridized carbons (Fsp3) is 0.182. The van der Waals surface area contributed by atoms with Crippen LogP contribution in [-0.4, -0.2) is 4.98 Å². The lowest BCUT2D eigenvalue weighted by Crippen LogP contribution is -2.05. The van der Waals surface area contributed by atoms with Crippen LogP contribution in [0.4, 0.5) is 5.69 Å². The molecule has 2 aromatic rings. The summed E-state index contributed by atoms with van der Waals surface area (Å²) in [7, 11) is 0. The fourth-order valence-electron chi connectivity index (χ4n) is 1.29. The predicted molar refractivity (Wildman–Crippen MR) is 60.6 cm³/mol. The molecule has 1 aromatic carbocycles. The van der Waals surface area contributed by atoms with Crippen LogP contribution in [-0.2, 0) is 0 Å². The molecular formula is C11H12N2S. The average Bonchev–Trinajstić information content (AvgIpc) is 2.72. The Morgan fingerprint density at radius 1 is 1.29 bits per heavy atom. The molecule has 1 heterocycles. The van der Waals surface area contributed by atoms with E-state index in [1.165, 1.54) is 0 Å². The van der Waals surface area contributed by atoms with E-state index < -0.39 is 0 Å². The zero-order chi connectivity index (χ0) is 9.80. The maximum Gasteiger partial charge on any atom is 0.115 e. The van der Waals surface area contributed by atoms with E-state index in [1.54, 1.807) is 11.3 Å². The van der Waals surface area contributed by atoms with Gasteiger partial charge in [0.25, 0.3) is 0 Å². The molecule has 1 aromatic heterocycles. The van der Waals surface area contributed by atoms with Crippen molar-refractivity contribution in [1.29, 1.82) is 0 Å². The minimum Gasteiger partial charge on any atom is -0.376 e. The van der Waals surface area contributed by atoms with Gasteiger partial charge in [-0.25, -0.2) is 4.98 Å². The molecular weight excluding hydrogens is 192 g/mol. The average molecular weight is 204 g/mol. The standard InChI is InChI=1S/C11H12N2S/c1-9(11-12-7-8-14-11)13-10-5-3-2-4-6-10/h2-9,13H,1H3/t9-/m0/s1. The van der Waals surface area contributed by atoms with E-state index in [1.807, 2.05) is 29.8 Å². The first kappa shape index (κ1) is 9.21. The van der Waals surface area contributed by atoms with E-state index in [2.05, 4.69) is 29.4 Å². The number of thiazole rings is 1. The summed E-state index contributed by atoms with van der Waals surface area (Å²) < 4.78 is 0. The smallest absolute Gasteiger partial charge is 0.115 e. The minimum atomic E-state index is 0.275. The molecule has 3 heteroatoms. The third-order valence-electron chi connectivity index (χ3n) is 1.98. The molecule has 2 rings (SSSR count). The van der Waals surface area contributed by atoms with E-state index >= 15 is 0 Å². The van der Waals surface area contributed by atoms with Gasteiger partial charge in [-0.05, 0) is 19.1 Å². The second-order valence-electron chi connectivity index (χ2n) is 3.10. The first-order chi connectivity index (χ1) is 6.86. The summed E-state index contributed by atoms with van der Waals surface area (Å²) in [5.41, 5.74) is 1.13. The Morgan fingerprint density at radius 2 is 2.07 bits per heavy atom. The van der Waals surface area contributed by atoms with Crippen molar-refractivity contribution in [3.05, 3.63) is 46.9 Å². The molecule has 0 aliphatic carbocycles. The summed E-state index contributed by atoms with van der Waals surface area (Å²) in [5.74, 6) is 0. The molecule has 0 amide bonds. The number of nitrogens with one attached hydrogen (secondary N) is 1. The van der Waals surface area contributed by atoms with E-state index in [9.17, 15) is 0 Å². The largest absolute Gasteiger partial charge is 0.376 e. The number of benzene rings is 1. The number of hydrogen-bond donors (Lipinski definition) is 1. The summed E-state index contributed by atoms with van der Waals surface area (Å²) in [6.45, 7) is 2.12. The molecule has 0 saturated carbocycles. The molecule has 0 fully saturated rings. The third-order valence-corrected chi connectivity index (χ3v) is 2.94. The van der Waals surface area contributed by atoms with Crippen molar-refractivity contribution in [3.63, 3.8) is 0 Å². The van der Waals surface area contributed by atoms with Crippen LogP contribution in [0.2, 0.25) is 0 Å². The van der Waals surface area contributed by atoms with Crippen molar-refractivity contribution in [3.8, 4) is 0 Å². The van der Waals surface area contributed by atoms with Crippen LogP contribution in [0.5, 0.6) is 0 Å². The Morgan fingerprint density at radius 3 is 2.71 bits per heavy atom. The maximum atomic E-state index is 4.27. The monoisotopic (exact) mass is 204 g/mol. The van der Waals surface area contributed by atoms with Gasteiger partial charge in [0.1, 0.15) is 5.01 Å². The van der Waals surface area contributed by atoms with Gasteiger partial charge in [-0.1, -0.05) is 18.2 Å². The van der Waals surface area contributed by atoms with Crippen LogP contribution in [0.1, 0.15) is 18.0 Å². The second-order valence-corrected chi connectivity index (χ2v) is 4.03. The molecule has 0 radical (unpaired) electrons. The van der Waals surface area contributed by atoms with Gasteiger partial charge < -0.3 is 5.32 Å². The van der Waals surface area contributed by atoms with Crippen LogP contribution in [0.15, 0.2) is 41.9 Å². The van der Waals surface area contributed by atoms with Crippen molar-refractivity contribution in [2.45, 2.75) is 13.0 Å². The van der Waals surface area contributed by atoms with Crippen LogP contribution in [0, 0.1) is 0 Å². The number of nitrogens with zero attached hydrogens (tertiary/aromatic N) is 1. The number of anilines is 1. The predicted octanol–water partition coefficient (Wildman–Crippen LogP) is 3.32. The molecule has 14 heavy (non-hydrogen) atoms. The topological polar surface area (TPSA) is 24.9 Å². The molecule has 0 saturated heterocycles. The Labute approximate surface area is 87.6 Å². The lowest BCUT2D eigenvalue weighted by Gasteiger charge is -2.11. The van der Waals surface area contributed by atoms with Crippen molar-refractivity contribution >= 4 is 17.0 Å². The first-order valence-electron chi connectivity index (χ1n) is 4.57. The Balaban J connectivity index is 2.06. The first-order valence-corrected chi connectivity index (χ1v) is 5.45. The van der Waals surface area contributed by atoms with Gasteiger partial charge in [0.05, 0.1) is 6.04 Å². The summed E-state index contributed by atoms with van der Waals surface area (Å²) in [5, 5.41) is 6.51. The lowest BCUT2D eigenvalue weighted by molar-refractivity contribution is 0.870. The van der Waals surface area contributed by atoms with Crippen molar-refractivity contribution in [2.75, 3.05) is 5.32 Å². The van der Waals surface area contributed by atoms with Crippen molar-refractivity contribution < 1.29 is 0 Å². The molecule has 1 atom stereocenters. The van der Waals surface area contributed by atoms with Crippen molar-refractivity contribution in [1.82, 2.24) is 4.98 Å². The van der Waals surface area contributed by atoms with Gasteiger partial charge >= 0.3 is 0 Å². The van der Waals surface area contributed by atoms with Crippen LogP contribution in [0.3, 0.4) is 0 Å². The molecule has 0 aliphatic rings. The highest BCUT2D eigenvalue weighted by molar-refractivity contribution is 7.09. The summed E-state index contributed by atoms with van der Waals surface area (Å²) in [6, 6.07) is 10.5. The highest BCUT2D eigenvalue weighted by Gasteiger charge is 2.06. The molecule has 2 nitrogen and oxygen atoms in total. The van der Waals surface area contributed by atoms with Gasteiger partial charge in [0.2, 0.25) is 0 Å². The highest BCUT2D eigenvalue weighted by Crippen LogP contribution is 2.20. The Hall–Kier alpha value is -1.35. The van der Waals surface area contributed by atoms with E-state index in [0.717, 1.165) is 10.7 Å². The van der Waals surface area contributed by atoms with E-state index in [4.69, 9.17) is 0 Å². The van der Waals surface area contributed by atoms with Gasteiger partial charge in [0.15, 0.2) is 0 Å². The molecule has 72 valence electrons. The van der Waals surface area contributed by atoms with Gasteiger partial charge in [0, 0.05) is 17.3 Å². The quantitative estimate of drug-likeness (QED) is 0.829. The summed E-state index contributed by atoms with van der Waals surface area (Å²) in [6.07, 6.45) is 1.84. The lowest BCUT2D eigenvalue weighted by atomic mass is 10.3. The SMILES string of the molecule is C[C@H](Nc1ccccc1)c1nccs1. The maximum absolute atomic E-state index is 4.27. The van der Waals surface area contributed by atoms with Gasteiger partial charge in [-0.2, -0.15) is 0 Å². The molecule has 0 unspecified atom stereocenters. The van der Waals surface area contributed by atoms with Crippen molar-refractivity contribution in [2.24, 2.45) is 0 Å². The van der Waals surface area contributed by atoms with Gasteiger partial charge in [-0.3, -0.25) is 0 Å². The summed E-state index contributed by atoms with van der Waals surface area (Å²) >= 11 is 1.68. The molecule has 0 bridgehead atoms. The van der Waals surface area contributed by atoms with Crippen LogP contribution < -0.4 is 5.32 Å². The Kier molecular flexibility index (Phi) is 2.79. The van der Waals surface area contributed by atoms with E-state index in [-0.39, 0.29) is 6.04 Å². The van der Waals surface area contributed by atoms with E-state index in [0.29, 0.717) is 0 Å². The number of para-hydroxylation sites is 1. The number of rotatable bonds is 3. The normalized spacial score (nSPS) is 12.4. The Bertz CT molecular complexity index is 369. The van der Waals surface area contributed by atoms with Crippen LogP contribution in [0.25, 0.3) is 0 Å². The summed E-state index contributed by atoms with van der Waals surface area (Å²) in [4.78, 5) is 4.27. The van der Waals surface area contributed by atoms with Crippen LogP contribution >= 0.6 is 11.3 Å². The zero-order valence-electron chi connectivity index (χ0n) is 7.97. The number of hydrogen-bond acceptors (Lipinski definition) is 3. The number of aromatic nitrogens is 1. The fourth-order valence-corrected chi connectivity index (χ4v) is 1.94. The highest BCUT2D eigenvalue weighted by atomic mass is 32.1. The minimum absolute atomic E-state index is 0.275. The zero-order valence-corrected chi connectivity index (χ0v) is 8.79.